The molecule has 2 heterocycles. The van der Waals surface area contributed by atoms with E-state index in [2.05, 4.69) is 16.4 Å². The Morgan fingerprint density at radius 2 is 1.88 bits per heavy atom. The number of carbonyl (C=O) groups is 1. The molecule has 4 rings (SSSR count). The number of carbonyl (C=O) groups excluding carboxylic acids is 1. The third kappa shape index (κ3) is 2.91. The molecule has 1 aliphatic heterocycles. The molecule has 1 aromatic heterocycles. The Bertz CT molecular complexity index is 996. The Morgan fingerprint density at radius 1 is 1.08 bits per heavy atom. The van der Waals surface area contributed by atoms with Gasteiger partial charge in [-0.3, -0.25) is 9.59 Å². The number of nitrogens with zero attached hydrogens (tertiary/aromatic N) is 4. The molecule has 126 valence electrons. The van der Waals surface area contributed by atoms with Gasteiger partial charge in [-0.1, -0.05) is 35.5 Å². The molecule has 0 radical (unpaired) electrons. The van der Waals surface area contributed by atoms with Crippen molar-refractivity contribution in [2.24, 2.45) is 0 Å². The number of benzene rings is 2. The van der Waals surface area contributed by atoms with Gasteiger partial charge in [-0.2, -0.15) is 0 Å². The Labute approximate surface area is 144 Å². The topological polar surface area (TPSA) is 68.1 Å². The lowest BCUT2D eigenvalue weighted by Gasteiger charge is -2.29. The molecule has 0 fully saturated rings. The van der Waals surface area contributed by atoms with Crippen molar-refractivity contribution in [1.29, 1.82) is 0 Å². The van der Waals surface area contributed by atoms with Crippen LogP contribution in [-0.2, 0) is 17.8 Å². The Balaban J connectivity index is 1.54. The number of hydrogen-bond donors (Lipinski definition) is 0. The van der Waals surface area contributed by atoms with Crippen molar-refractivity contribution in [3.05, 3.63) is 64.4 Å². The van der Waals surface area contributed by atoms with Crippen LogP contribution in [0.4, 0.5) is 5.69 Å². The highest BCUT2D eigenvalue weighted by atomic mass is 16.2. The maximum Gasteiger partial charge on any atom is 0.277 e. The van der Waals surface area contributed by atoms with Gasteiger partial charge >= 0.3 is 0 Å². The number of aromatic nitrogens is 3. The summed E-state index contributed by atoms with van der Waals surface area (Å²) < 4.78 is 1.27. The normalized spacial score (nSPS) is 13.7. The van der Waals surface area contributed by atoms with Crippen molar-refractivity contribution in [1.82, 2.24) is 15.0 Å². The fraction of sp³-hybridized carbons (Fsp3) is 0.263. The fourth-order valence-corrected chi connectivity index (χ4v) is 3.30. The van der Waals surface area contributed by atoms with E-state index in [0.717, 1.165) is 18.5 Å². The standard InChI is InChI=1S/C19H18N4O2/c24-18(22-12-5-7-14-6-1-4-10-17(14)22)11-13-23-19(25)15-8-2-3-9-16(15)20-21-23/h1-4,6,8-10H,5,7,11-13H2. The quantitative estimate of drug-likeness (QED) is 0.736. The molecule has 25 heavy (non-hydrogen) atoms. The highest BCUT2D eigenvalue weighted by Crippen LogP contribution is 2.27. The van der Waals surface area contributed by atoms with Crippen LogP contribution >= 0.6 is 0 Å². The lowest BCUT2D eigenvalue weighted by Crippen LogP contribution is -2.36. The monoisotopic (exact) mass is 334 g/mol. The molecule has 1 aliphatic rings. The molecule has 0 unspecified atom stereocenters. The summed E-state index contributed by atoms with van der Waals surface area (Å²) in [6.45, 7) is 0.947. The van der Waals surface area contributed by atoms with E-state index in [9.17, 15) is 9.59 Å². The Hall–Kier alpha value is -3.02. The maximum absolute atomic E-state index is 12.7. The molecule has 0 aliphatic carbocycles. The summed E-state index contributed by atoms with van der Waals surface area (Å²) in [5.74, 6) is 0.00834. The van der Waals surface area contributed by atoms with Crippen LogP contribution in [0.1, 0.15) is 18.4 Å². The summed E-state index contributed by atoms with van der Waals surface area (Å²) in [5.41, 5.74) is 2.54. The van der Waals surface area contributed by atoms with Crippen LogP contribution in [0.15, 0.2) is 53.3 Å². The van der Waals surface area contributed by atoms with Crippen molar-refractivity contribution in [3.8, 4) is 0 Å². The number of rotatable bonds is 3. The van der Waals surface area contributed by atoms with Gasteiger partial charge in [0.2, 0.25) is 5.91 Å². The first-order valence-electron chi connectivity index (χ1n) is 8.45. The Morgan fingerprint density at radius 3 is 2.80 bits per heavy atom. The lowest BCUT2D eigenvalue weighted by atomic mass is 10.0. The summed E-state index contributed by atoms with van der Waals surface area (Å²) >= 11 is 0. The van der Waals surface area contributed by atoms with Gasteiger partial charge < -0.3 is 4.90 Å². The van der Waals surface area contributed by atoms with Crippen LogP contribution in [0.3, 0.4) is 0 Å². The number of para-hydroxylation sites is 1. The van der Waals surface area contributed by atoms with E-state index in [1.807, 2.05) is 29.2 Å². The van der Waals surface area contributed by atoms with Crippen molar-refractivity contribution < 1.29 is 4.79 Å². The van der Waals surface area contributed by atoms with Gasteiger partial charge in [-0.25, -0.2) is 4.68 Å². The third-order valence-corrected chi connectivity index (χ3v) is 4.58. The molecule has 0 saturated heterocycles. The molecule has 0 saturated carbocycles. The summed E-state index contributed by atoms with van der Waals surface area (Å²) in [4.78, 5) is 26.9. The van der Waals surface area contributed by atoms with Crippen LogP contribution in [0, 0.1) is 0 Å². The van der Waals surface area contributed by atoms with E-state index in [-0.39, 0.29) is 24.4 Å². The zero-order valence-corrected chi connectivity index (χ0v) is 13.8. The molecule has 0 atom stereocenters. The molecule has 6 nitrogen and oxygen atoms in total. The molecular formula is C19H18N4O2. The average Bonchev–Trinajstić information content (AvgIpc) is 2.67. The minimum absolute atomic E-state index is 0.00834. The van der Waals surface area contributed by atoms with Crippen LogP contribution in [-0.4, -0.2) is 27.4 Å². The number of anilines is 1. The highest BCUT2D eigenvalue weighted by molar-refractivity contribution is 5.94. The summed E-state index contributed by atoms with van der Waals surface area (Å²) in [5, 5.41) is 8.53. The van der Waals surface area contributed by atoms with Gasteiger partial charge in [0.05, 0.1) is 11.9 Å². The van der Waals surface area contributed by atoms with E-state index in [4.69, 9.17) is 0 Å². The van der Waals surface area contributed by atoms with Crippen LogP contribution < -0.4 is 10.5 Å². The molecule has 1 amide bonds. The minimum Gasteiger partial charge on any atom is -0.312 e. The van der Waals surface area contributed by atoms with E-state index in [1.54, 1.807) is 18.2 Å². The molecular weight excluding hydrogens is 316 g/mol. The second-order valence-electron chi connectivity index (χ2n) is 6.16. The van der Waals surface area contributed by atoms with Crippen molar-refractivity contribution in [3.63, 3.8) is 0 Å². The molecule has 0 spiro atoms. The van der Waals surface area contributed by atoms with Gasteiger partial charge in [-0.05, 0) is 36.6 Å². The summed E-state index contributed by atoms with van der Waals surface area (Å²) in [6.07, 6.45) is 2.18. The van der Waals surface area contributed by atoms with Gasteiger partial charge in [0.25, 0.3) is 5.56 Å². The van der Waals surface area contributed by atoms with Crippen LogP contribution in [0.25, 0.3) is 10.9 Å². The zero-order chi connectivity index (χ0) is 17.2. The number of aryl methyl sites for hydroxylation is 2. The van der Waals surface area contributed by atoms with Gasteiger partial charge in [-0.15, -0.1) is 5.10 Å². The SMILES string of the molecule is O=C(CCn1nnc2ccccc2c1=O)N1CCCc2ccccc21. The van der Waals surface area contributed by atoms with Crippen LogP contribution in [0.2, 0.25) is 0 Å². The van der Waals surface area contributed by atoms with Crippen molar-refractivity contribution in [2.75, 3.05) is 11.4 Å². The van der Waals surface area contributed by atoms with Crippen molar-refractivity contribution >= 4 is 22.5 Å². The third-order valence-electron chi connectivity index (χ3n) is 4.58. The Kier molecular flexibility index (Phi) is 4.01. The van der Waals surface area contributed by atoms with Crippen LogP contribution in [0.5, 0.6) is 0 Å². The molecule has 6 heteroatoms. The van der Waals surface area contributed by atoms with Crippen molar-refractivity contribution in [2.45, 2.75) is 25.8 Å². The largest absolute Gasteiger partial charge is 0.312 e. The predicted octanol–water partition coefficient (Wildman–Crippen LogP) is 2.16. The number of amides is 1. The van der Waals surface area contributed by atoms with E-state index >= 15 is 0 Å². The maximum atomic E-state index is 12.7. The summed E-state index contributed by atoms with van der Waals surface area (Å²) in [6, 6.07) is 15.1. The number of hydrogen-bond acceptors (Lipinski definition) is 4. The average molecular weight is 334 g/mol. The summed E-state index contributed by atoms with van der Waals surface area (Å²) in [7, 11) is 0. The second-order valence-corrected chi connectivity index (χ2v) is 6.16. The highest BCUT2D eigenvalue weighted by Gasteiger charge is 2.22. The number of fused-ring (bicyclic) bond motifs is 2. The van der Waals surface area contributed by atoms with E-state index < -0.39 is 0 Å². The fourth-order valence-electron chi connectivity index (χ4n) is 3.30. The second kappa shape index (κ2) is 6.47. The van der Waals surface area contributed by atoms with Gasteiger partial charge in [0.1, 0.15) is 5.52 Å². The minimum atomic E-state index is -0.211. The molecule has 2 aromatic carbocycles. The molecule has 0 N–H and O–H groups in total. The van der Waals surface area contributed by atoms with E-state index in [0.29, 0.717) is 17.4 Å². The molecule has 0 bridgehead atoms. The lowest BCUT2D eigenvalue weighted by molar-refractivity contribution is -0.119. The first kappa shape index (κ1) is 15.5. The first-order chi connectivity index (χ1) is 12.2. The first-order valence-corrected chi connectivity index (χ1v) is 8.45. The van der Waals surface area contributed by atoms with Gasteiger partial charge in [0.15, 0.2) is 0 Å². The smallest absolute Gasteiger partial charge is 0.277 e. The zero-order valence-electron chi connectivity index (χ0n) is 13.8. The predicted molar refractivity (Wildman–Crippen MR) is 95.5 cm³/mol. The molecule has 3 aromatic rings. The van der Waals surface area contributed by atoms with E-state index in [1.165, 1.54) is 10.2 Å². The van der Waals surface area contributed by atoms with Gasteiger partial charge in [0, 0.05) is 18.7 Å².